The van der Waals surface area contributed by atoms with Crippen LogP contribution in [0, 0.1) is 11.3 Å². The Balaban J connectivity index is 3.02. The van der Waals surface area contributed by atoms with E-state index >= 15 is 0 Å². The van der Waals surface area contributed by atoms with Crippen LogP contribution in [0.3, 0.4) is 0 Å². The normalized spacial score (nSPS) is 8.67. The molecule has 0 aromatic rings. The molecular formula is C4H4IN. The molecule has 0 saturated heterocycles. The lowest BCUT2D eigenvalue weighted by atomic mass is 10.6. The van der Waals surface area contributed by atoms with Crippen LogP contribution in [-0.4, -0.2) is 4.43 Å². The van der Waals surface area contributed by atoms with Gasteiger partial charge in [0.15, 0.2) is 0 Å². The zero-order chi connectivity index (χ0) is 4.83. The van der Waals surface area contributed by atoms with Gasteiger partial charge in [-0.05, 0) is 0 Å². The Labute approximate surface area is 50.8 Å². The molecule has 0 unspecified atom stereocenters. The van der Waals surface area contributed by atoms with Crippen molar-refractivity contribution >= 4 is 22.6 Å². The third-order valence-corrected chi connectivity index (χ3v) is 0.790. The van der Waals surface area contributed by atoms with Crippen molar-refractivity contribution in [1.29, 1.82) is 5.26 Å². The second kappa shape index (κ2) is 4.96. The molecule has 32 valence electrons. The van der Waals surface area contributed by atoms with Crippen molar-refractivity contribution in [3.8, 4) is 6.07 Å². The van der Waals surface area contributed by atoms with Crippen LogP contribution in [0.2, 0.25) is 0 Å². The highest BCUT2D eigenvalue weighted by Crippen LogP contribution is 1.79. The van der Waals surface area contributed by atoms with Gasteiger partial charge in [0.1, 0.15) is 0 Å². The Hall–Kier alpha value is -0.0400. The molecule has 2 heteroatoms. The SMILES string of the molecule is N#CC=CCI. The Morgan fingerprint density at radius 1 is 1.83 bits per heavy atom. The van der Waals surface area contributed by atoms with Gasteiger partial charge in [-0.3, -0.25) is 0 Å². The van der Waals surface area contributed by atoms with Gasteiger partial charge in [0.2, 0.25) is 0 Å². The number of allylic oxidation sites excluding steroid dienone is 2. The monoisotopic (exact) mass is 193 g/mol. The highest BCUT2D eigenvalue weighted by molar-refractivity contribution is 14.1. The molecule has 6 heavy (non-hydrogen) atoms. The standard InChI is InChI=1S/C4H4IN/c5-3-1-2-4-6/h1-2H,3H2. The fourth-order valence-electron chi connectivity index (χ4n) is 0.0972. The van der Waals surface area contributed by atoms with E-state index < -0.39 is 0 Å². The Morgan fingerprint density at radius 3 is 2.67 bits per heavy atom. The maximum Gasteiger partial charge on any atom is 0.0908 e. The molecule has 1 nitrogen and oxygen atoms in total. The van der Waals surface area contributed by atoms with Crippen molar-refractivity contribution in [2.45, 2.75) is 0 Å². The molecule has 0 aliphatic rings. The van der Waals surface area contributed by atoms with Crippen LogP contribution in [0.15, 0.2) is 12.2 Å². The van der Waals surface area contributed by atoms with Gasteiger partial charge in [-0.1, -0.05) is 28.7 Å². The summed E-state index contributed by atoms with van der Waals surface area (Å²) in [5, 5.41) is 7.86. The largest absolute Gasteiger partial charge is 0.193 e. The van der Waals surface area contributed by atoms with E-state index in [0.717, 1.165) is 4.43 Å². The van der Waals surface area contributed by atoms with E-state index in [4.69, 9.17) is 5.26 Å². The number of alkyl halides is 1. The molecule has 0 saturated carbocycles. The topological polar surface area (TPSA) is 23.8 Å². The first-order valence-corrected chi connectivity index (χ1v) is 3.05. The van der Waals surface area contributed by atoms with Crippen LogP contribution in [-0.2, 0) is 0 Å². The second-order valence-corrected chi connectivity index (χ2v) is 1.57. The Morgan fingerprint density at radius 2 is 2.50 bits per heavy atom. The van der Waals surface area contributed by atoms with E-state index in [-0.39, 0.29) is 0 Å². The van der Waals surface area contributed by atoms with E-state index in [1.807, 2.05) is 6.07 Å². The first-order valence-electron chi connectivity index (χ1n) is 1.52. The summed E-state index contributed by atoms with van der Waals surface area (Å²) in [4.78, 5) is 0. The fourth-order valence-corrected chi connectivity index (χ4v) is 0.352. The van der Waals surface area contributed by atoms with Gasteiger partial charge < -0.3 is 0 Å². The zero-order valence-corrected chi connectivity index (χ0v) is 5.34. The van der Waals surface area contributed by atoms with Crippen LogP contribution in [0.25, 0.3) is 0 Å². The predicted molar refractivity (Wildman–Crippen MR) is 33.6 cm³/mol. The van der Waals surface area contributed by atoms with Gasteiger partial charge in [-0.15, -0.1) is 0 Å². The van der Waals surface area contributed by atoms with E-state index in [9.17, 15) is 0 Å². The van der Waals surface area contributed by atoms with Crippen LogP contribution >= 0.6 is 22.6 Å². The van der Waals surface area contributed by atoms with Crippen molar-refractivity contribution in [1.82, 2.24) is 0 Å². The number of hydrogen-bond donors (Lipinski definition) is 0. The third-order valence-electron chi connectivity index (χ3n) is 0.281. The molecule has 0 N–H and O–H groups in total. The smallest absolute Gasteiger partial charge is 0.0908 e. The van der Waals surface area contributed by atoms with Crippen LogP contribution < -0.4 is 0 Å². The molecule has 0 heterocycles. The van der Waals surface area contributed by atoms with Crippen molar-refractivity contribution in [2.24, 2.45) is 0 Å². The Bertz CT molecular complexity index is 80.0. The number of halogens is 1. The van der Waals surface area contributed by atoms with Gasteiger partial charge in [-0.2, -0.15) is 5.26 Å². The number of hydrogen-bond acceptors (Lipinski definition) is 1. The average Bonchev–Trinajstić information content (AvgIpc) is 1.61. The Kier molecular flexibility index (Phi) is 4.93. The van der Waals surface area contributed by atoms with E-state index in [2.05, 4.69) is 22.6 Å². The molecule has 0 radical (unpaired) electrons. The summed E-state index contributed by atoms with van der Waals surface area (Å²) >= 11 is 2.17. The molecule has 0 aliphatic heterocycles. The summed E-state index contributed by atoms with van der Waals surface area (Å²) in [6, 6.07) is 1.88. The maximum atomic E-state index is 7.86. The van der Waals surface area contributed by atoms with Gasteiger partial charge in [0.05, 0.1) is 6.07 Å². The number of nitrogens with zero attached hydrogens (tertiary/aromatic N) is 1. The highest BCUT2D eigenvalue weighted by atomic mass is 127. The maximum absolute atomic E-state index is 7.86. The van der Waals surface area contributed by atoms with E-state index in [1.165, 1.54) is 6.08 Å². The summed E-state index contributed by atoms with van der Waals surface area (Å²) < 4.78 is 0.922. The van der Waals surface area contributed by atoms with Crippen molar-refractivity contribution in [2.75, 3.05) is 4.43 Å². The second-order valence-electron chi connectivity index (χ2n) is 0.686. The van der Waals surface area contributed by atoms with Gasteiger partial charge in [-0.25, -0.2) is 0 Å². The highest BCUT2D eigenvalue weighted by Gasteiger charge is 1.59. The minimum Gasteiger partial charge on any atom is -0.193 e. The van der Waals surface area contributed by atoms with Crippen LogP contribution in [0.1, 0.15) is 0 Å². The fraction of sp³-hybridized carbons (Fsp3) is 0.250. The van der Waals surface area contributed by atoms with E-state index in [0.29, 0.717) is 0 Å². The van der Waals surface area contributed by atoms with Crippen molar-refractivity contribution in [3.05, 3.63) is 12.2 Å². The van der Waals surface area contributed by atoms with Crippen LogP contribution in [0.5, 0.6) is 0 Å². The molecule has 0 bridgehead atoms. The zero-order valence-electron chi connectivity index (χ0n) is 3.19. The summed E-state index contributed by atoms with van der Waals surface area (Å²) in [7, 11) is 0. The summed E-state index contributed by atoms with van der Waals surface area (Å²) in [6.07, 6.45) is 3.28. The van der Waals surface area contributed by atoms with Crippen molar-refractivity contribution < 1.29 is 0 Å². The molecule has 0 aromatic carbocycles. The minimum absolute atomic E-state index is 0.922. The third kappa shape index (κ3) is 3.96. The average molecular weight is 193 g/mol. The molecule has 0 aliphatic carbocycles. The molecular weight excluding hydrogens is 189 g/mol. The summed E-state index contributed by atoms with van der Waals surface area (Å²) in [6.45, 7) is 0. The van der Waals surface area contributed by atoms with Gasteiger partial charge >= 0.3 is 0 Å². The molecule has 0 rings (SSSR count). The van der Waals surface area contributed by atoms with E-state index in [1.54, 1.807) is 6.08 Å². The molecule has 0 atom stereocenters. The number of nitriles is 1. The predicted octanol–water partition coefficient (Wildman–Crippen LogP) is 1.50. The minimum atomic E-state index is 0.922. The molecule has 0 fully saturated rings. The first-order chi connectivity index (χ1) is 2.91. The first kappa shape index (κ1) is 5.96. The lowest BCUT2D eigenvalue weighted by Crippen LogP contribution is -1.52. The number of rotatable bonds is 1. The van der Waals surface area contributed by atoms with Crippen molar-refractivity contribution in [3.63, 3.8) is 0 Å². The molecule has 0 spiro atoms. The quantitative estimate of drug-likeness (QED) is 0.351. The van der Waals surface area contributed by atoms with Crippen LogP contribution in [0.4, 0.5) is 0 Å². The lowest BCUT2D eigenvalue weighted by molar-refractivity contribution is 1.53. The lowest BCUT2D eigenvalue weighted by Gasteiger charge is -1.61. The summed E-state index contributed by atoms with van der Waals surface area (Å²) in [5.74, 6) is 0. The van der Waals surface area contributed by atoms with Gasteiger partial charge in [0, 0.05) is 10.5 Å². The molecule has 0 amide bonds. The summed E-state index contributed by atoms with van der Waals surface area (Å²) in [5.41, 5.74) is 0. The van der Waals surface area contributed by atoms with Gasteiger partial charge in [0.25, 0.3) is 0 Å². The molecule has 0 aromatic heterocycles.